The number of carbonyl (C=O) groups is 1. The van der Waals surface area contributed by atoms with Gasteiger partial charge in [-0.25, -0.2) is 4.39 Å². The second kappa shape index (κ2) is 7.81. The van der Waals surface area contributed by atoms with Gasteiger partial charge in [0.15, 0.2) is 0 Å². The Bertz CT molecular complexity index is 602. The van der Waals surface area contributed by atoms with Gasteiger partial charge >= 0.3 is 0 Å². The van der Waals surface area contributed by atoms with Gasteiger partial charge in [0.05, 0.1) is 18.2 Å². The number of hydrogen-bond acceptors (Lipinski definition) is 4. The third kappa shape index (κ3) is 4.19. The summed E-state index contributed by atoms with van der Waals surface area (Å²) in [4.78, 5) is 16.2. The Kier molecular flexibility index (Phi) is 5.71. The van der Waals surface area contributed by atoms with Crippen LogP contribution >= 0.6 is 0 Å². The summed E-state index contributed by atoms with van der Waals surface area (Å²) >= 11 is 0. The number of nitrogens with zero attached hydrogens (tertiary/aromatic N) is 2. The van der Waals surface area contributed by atoms with Crippen LogP contribution in [-0.2, 0) is 16.1 Å². The summed E-state index contributed by atoms with van der Waals surface area (Å²) in [7, 11) is 1.82. The number of amides is 1. The number of ether oxygens (including phenoxy) is 1. The van der Waals surface area contributed by atoms with Gasteiger partial charge in [0.1, 0.15) is 5.82 Å². The number of hydrogen-bond donors (Lipinski definition) is 1. The molecule has 2 heterocycles. The average Bonchev–Trinajstić information content (AvgIpc) is 2.60. The van der Waals surface area contributed by atoms with Gasteiger partial charge < -0.3 is 14.7 Å². The van der Waals surface area contributed by atoms with Crippen molar-refractivity contribution in [3.8, 4) is 0 Å². The molecule has 1 spiro atoms. The number of halogens is 1. The van der Waals surface area contributed by atoms with Crippen LogP contribution in [0.15, 0.2) is 24.3 Å². The summed E-state index contributed by atoms with van der Waals surface area (Å²) in [5, 5.41) is 10.3. The van der Waals surface area contributed by atoms with Gasteiger partial charge in [0.2, 0.25) is 5.91 Å². The fourth-order valence-electron chi connectivity index (χ4n) is 3.83. The summed E-state index contributed by atoms with van der Waals surface area (Å²) in [5.74, 6) is -0.205. The topological polar surface area (TPSA) is 53.0 Å². The Morgan fingerprint density at radius 1 is 1.40 bits per heavy atom. The van der Waals surface area contributed by atoms with Crippen LogP contribution in [0, 0.1) is 5.82 Å². The van der Waals surface area contributed by atoms with E-state index in [2.05, 4.69) is 0 Å². The van der Waals surface area contributed by atoms with Crippen LogP contribution in [0.3, 0.4) is 0 Å². The van der Waals surface area contributed by atoms with Crippen molar-refractivity contribution in [2.24, 2.45) is 0 Å². The van der Waals surface area contributed by atoms with Crippen LogP contribution in [0.2, 0.25) is 0 Å². The molecule has 0 radical (unpaired) electrons. The van der Waals surface area contributed by atoms with Gasteiger partial charge in [0.25, 0.3) is 0 Å². The van der Waals surface area contributed by atoms with E-state index >= 15 is 0 Å². The summed E-state index contributed by atoms with van der Waals surface area (Å²) in [5.41, 5.74) is 0.128. The van der Waals surface area contributed by atoms with Crippen molar-refractivity contribution in [2.45, 2.75) is 43.9 Å². The third-order valence-corrected chi connectivity index (χ3v) is 5.38. The molecule has 6 heteroatoms. The van der Waals surface area contributed by atoms with E-state index in [4.69, 9.17) is 4.74 Å². The van der Waals surface area contributed by atoms with Crippen LogP contribution in [-0.4, -0.2) is 65.8 Å². The molecule has 5 nitrogen and oxygen atoms in total. The zero-order valence-electron chi connectivity index (χ0n) is 14.8. The predicted octanol–water partition coefficient (Wildman–Crippen LogP) is 1.79. The zero-order valence-corrected chi connectivity index (χ0v) is 14.8. The summed E-state index contributed by atoms with van der Waals surface area (Å²) in [6.45, 7) is 2.55. The number of carbonyl (C=O) groups excluding carboxylic acids is 1. The molecule has 2 aliphatic heterocycles. The quantitative estimate of drug-likeness (QED) is 0.900. The molecule has 25 heavy (non-hydrogen) atoms. The SMILES string of the molecule is CN(CC(=O)N1CCC2(CC1)OCCC[C@H]2O)Cc1ccccc1F. The van der Waals surface area contributed by atoms with Crippen LogP contribution in [0.1, 0.15) is 31.2 Å². The minimum Gasteiger partial charge on any atom is -0.390 e. The van der Waals surface area contributed by atoms with Crippen molar-refractivity contribution in [1.29, 1.82) is 0 Å². The molecule has 1 amide bonds. The van der Waals surface area contributed by atoms with E-state index in [0.29, 0.717) is 44.6 Å². The maximum atomic E-state index is 13.7. The molecule has 0 unspecified atom stereocenters. The highest BCUT2D eigenvalue weighted by Crippen LogP contribution is 2.35. The fourth-order valence-corrected chi connectivity index (χ4v) is 3.83. The molecular weight excluding hydrogens is 323 g/mol. The normalized spacial score (nSPS) is 23.2. The number of piperidine rings is 1. The molecule has 1 atom stereocenters. The Hall–Kier alpha value is -1.50. The second-order valence-electron chi connectivity index (χ2n) is 7.22. The van der Waals surface area contributed by atoms with E-state index in [9.17, 15) is 14.3 Å². The molecule has 1 aromatic rings. The van der Waals surface area contributed by atoms with Crippen LogP contribution in [0.25, 0.3) is 0 Å². The molecule has 2 aliphatic rings. The minimum atomic E-state index is -0.464. The van der Waals surface area contributed by atoms with E-state index in [1.54, 1.807) is 18.2 Å². The largest absolute Gasteiger partial charge is 0.390 e. The maximum absolute atomic E-state index is 13.7. The Morgan fingerprint density at radius 2 is 2.12 bits per heavy atom. The van der Waals surface area contributed by atoms with Crippen molar-refractivity contribution in [3.63, 3.8) is 0 Å². The van der Waals surface area contributed by atoms with Crippen molar-refractivity contribution in [3.05, 3.63) is 35.6 Å². The molecule has 1 aromatic carbocycles. The molecule has 0 bridgehead atoms. The zero-order chi connectivity index (χ0) is 17.9. The number of aliphatic hydroxyl groups excluding tert-OH is 1. The number of aliphatic hydroxyl groups is 1. The first-order valence-corrected chi connectivity index (χ1v) is 9.02. The lowest BCUT2D eigenvalue weighted by Crippen LogP contribution is -2.56. The minimum absolute atomic E-state index is 0.0407. The van der Waals surface area contributed by atoms with Gasteiger partial charge in [-0.1, -0.05) is 18.2 Å². The maximum Gasteiger partial charge on any atom is 0.236 e. The lowest BCUT2D eigenvalue weighted by Gasteiger charge is -2.46. The highest BCUT2D eigenvalue weighted by molar-refractivity contribution is 5.78. The molecular formula is C19H27FN2O3. The standard InChI is InChI=1S/C19H27FN2O3/c1-21(13-15-5-2-3-6-16(15)20)14-18(24)22-10-8-19(9-11-22)17(23)7-4-12-25-19/h2-3,5-6,17,23H,4,7-14H2,1H3/t17-/m1/s1. The molecule has 1 N–H and O–H groups in total. The van der Waals surface area contributed by atoms with E-state index < -0.39 is 11.7 Å². The van der Waals surface area contributed by atoms with Crippen LogP contribution in [0.4, 0.5) is 4.39 Å². The van der Waals surface area contributed by atoms with E-state index in [1.165, 1.54) is 6.07 Å². The summed E-state index contributed by atoms with van der Waals surface area (Å²) in [6, 6.07) is 6.64. The second-order valence-corrected chi connectivity index (χ2v) is 7.22. The van der Waals surface area contributed by atoms with Crippen molar-refractivity contribution in [1.82, 2.24) is 9.80 Å². The molecule has 0 aliphatic carbocycles. The highest BCUT2D eigenvalue weighted by Gasteiger charge is 2.44. The number of benzene rings is 1. The smallest absolute Gasteiger partial charge is 0.236 e. The summed E-state index contributed by atoms with van der Waals surface area (Å²) < 4.78 is 19.6. The fraction of sp³-hybridized carbons (Fsp3) is 0.632. The lowest BCUT2D eigenvalue weighted by molar-refractivity contribution is -0.179. The van der Waals surface area contributed by atoms with Gasteiger partial charge in [-0.2, -0.15) is 0 Å². The van der Waals surface area contributed by atoms with Crippen molar-refractivity contribution >= 4 is 5.91 Å². The van der Waals surface area contributed by atoms with Gasteiger partial charge in [0, 0.05) is 31.8 Å². The first-order valence-electron chi connectivity index (χ1n) is 9.02. The third-order valence-electron chi connectivity index (χ3n) is 5.38. The molecule has 3 rings (SSSR count). The van der Waals surface area contributed by atoms with Crippen LogP contribution in [0.5, 0.6) is 0 Å². The van der Waals surface area contributed by atoms with Gasteiger partial charge in [-0.05, 0) is 38.8 Å². The molecule has 2 fully saturated rings. The molecule has 0 saturated carbocycles. The Balaban J connectivity index is 1.50. The van der Waals surface area contributed by atoms with Gasteiger partial charge in [-0.15, -0.1) is 0 Å². The number of likely N-dealkylation sites (N-methyl/N-ethyl adjacent to an activating group) is 1. The monoisotopic (exact) mass is 350 g/mol. The van der Waals surface area contributed by atoms with Gasteiger partial charge in [-0.3, -0.25) is 9.69 Å². The van der Waals surface area contributed by atoms with Crippen molar-refractivity contribution < 1.29 is 19.0 Å². The highest BCUT2D eigenvalue weighted by atomic mass is 19.1. The Morgan fingerprint density at radius 3 is 2.80 bits per heavy atom. The van der Waals surface area contributed by atoms with Crippen LogP contribution < -0.4 is 0 Å². The lowest BCUT2D eigenvalue weighted by atomic mass is 9.82. The summed E-state index contributed by atoms with van der Waals surface area (Å²) in [6.07, 6.45) is 2.60. The first kappa shape index (κ1) is 18.3. The molecule has 0 aromatic heterocycles. The Labute approximate surface area is 148 Å². The molecule has 2 saturated heterocycles. The van der Waals surface area contributed by atoms with E-state index in [-0.39, 0.29) is 18.3 Å². The average molecular weight is 350 g/mol. The van der Waals surface area contributed by atoms with Crippen molar-refractivity contribution in [2.75, 3.05) is 33.3 Å². The number of likely N-dealkylation sites (tertiary alicyclic amines) is 1. The van der Waals surface area contributed by atoms with E-state index in [0.717, 1.165) is 12.8 Å². The first-order chi connectivity index (χ1) is 12.0. The number of rotatable bonds is 4. The predicted molar refractivity (Wildman–Crippen MR) is 92.5 cm³/mol. The molecule has 138 valence electrons. The van der Waals surface area contributed by atoms with E-state index in [1.807, 2.05) is 16.8 Å².